The minimum atomic E-state index is -0.321. The lowest BCUT2D eigenvalue weighted by atomic mass is 9.95. The molecule has 0 bridgehead atoms. The van der Waals surface area contributed by atoms with Gasteiger partial charge in [-0.25, -0.2) is 0 Å². The average Bonchev–Trinajstić information content (AvgIpc) is 2.28. The number of aromatic amines is 1. The summed E-state index contributed by atoms with van der Waals surface area (Å²) in [6.45, 7) is 5.77. The zero-order valence-electron chi connectivity index (χ0n) is 10.7. The van der Waals surface area contributed by atoms with Crippen molar-refractivity contribution in [3.8, 4) is 17.0 Å². The molecule has 1 heterocycles. The fourth-order valence-electron chi connectivity index (χ4n) is 1.68. The highest BCUT2D eigenvalue weighted by molar-refractivity contribution is 5.66. The van der Waals surface area contributed by atoms with E-state index in [1.165, 1.54) is 0 Å². The van der Waals surface area contributed by atoms with E-state index in [2.05, 4.69) is 9.97 Å². The Labute approximate surface area is 105 Å². The molecule has 0 spiro atoms. The molecule has 0 aliphatic heterocycles. The van der Waals surface area contributed by atoms with Gasteiger partial charge in [-0.05, 0) is 5.56 Å². The van der Waals surface area contributed by atoms with Crippen molar-refractivity contribution in [2.45, 2.75) is 26.2 Å². The van der Waals surface area contributed by atoms with Gasteiger partial charge in [-0.1, -0.05) is 51.1 Å². The monoisotopic (exact) mass is 244 g/mol. The van der Waals surface area contributed by atoms with Crippen LogP contribution in [0.3, 0.4) is 0 Å². The standard InChI is InChI=1S/C14H16N2O2/c1-14(2,3)13-15-11(17)10(12(18)16-13)9-7-5-4-6-8-9/h4-8H,1-3H3,(H2,15,16,17,18). The SMILES string of the molecule is CC(C)(C)c1nc(O)c(-c2ccccc2)c(=O)[nH]1. The maximum atomic E-state index is 12.1. The van der Waals surface area contributed by atoms with E-state index in [4.69, 9.17) is 0 Å². The van der Waals surface area contributed by atoms with Gasteiger partial charge in [0.15, 0.2) is 0 Å². The van der Waals surface area contributed by atoms with Crippen LogP contribution in [0.2, 0.25) is 0 Å². The van der Waals surface area contributed by atoms with Crippen LogP contribution in [0, 0.1) is 0 Å². The number of benzene rings is 1. The van der Waals surface area contributed by atoms with Crippen molar-refractivity contribution in [1.82, 2.24) is 9.97 Å². The number of hydrogen-bond donors (Lipinski definition) is 2. The Bertz CT molecular complexity index is 610. The maximum Gasteiger partial charge on any atom is 0.262 e. The van der Waals surface area contributed by atoms with Gasteiger partial charge in [-0.2, -0.15) is 4.98 Å². The summed E-state index contributed by atoms with van der Waals surface area (Å²) >= 11 is 0. The van der Waals surface area contributed by atoms with E-state index in [1.54, 1.807) is 12.1 Å². The van der Waals surface area contributed by atoms with Crippen molar-refractivity contribution < 1.29 is 5.11 Å². The number of aromatic nitrogens is 2. The highest BCUT2D eigenvalue weighted by Gasteiger charge is 2.20. The molecule has 0 unspecified atom stereocenters. The lowest BCUT2D eigenvalue weighted by Gasteiger charge is -2.17. The van der Waals surface area contributed by atoms with Crippen LogP contribution >= 0.6 is 0 Å². The van der Waals surface area contributed by atoms with Crippen molar-refractivity contribution >= 4 is 0 Å². The molecule has 18 heavy (non-hydrogen) atoms. The average molecular weight is 244 g/mol. The fourth-order valence-corrected chi connectivity index (χ4v) is 1.68. The normalized spacial score (nSPS) is 11.5. The molecule has 1 aromatic carbocycles. The summed E-state index contributed by atoms with van der Waals surface area (Å²) in [7, 11) is 0. The molecule has 4 nitrogen and oxygen atoms in total. The topological polar surface area (TPSA) is 66.0 Å². The van der Waals surface area contributed by atoms with Gasteiger partial charge in [0.25, 0.3) is 5.56 Å². The predicted octanol–water partition coefficient (Wildman–Crippen LogP) is 2.44. The van der Waals surface area contributed by atoms with Crippen LogP contribution < -0.4 is 5.56 Å². The van der Waals surface area contributed by atoms with Gasteiger partial charge >= 0.3 is 0 Å². The van der Waals surface area contributed by atoms with Crippen LogP contribution in [-0.4, -0.2) is 15.1 Å². The molecule has 2 N–H and O–H groups in total. The van der Waals surface area contributed by atoms with Crippen molar-refractivity contribution in [2.75, 3.05) is 0 Å². The number of nitrogens with one attached hydrogen (secondary N) is 1. The molecule has 2 aromatic rings. The number of rotatable bonds is 1. The Hall–Kier alpha value is -2.10. The summed E-state index contributed by atoms with van der Waals surface area (Å²) in [5, 5.41) is 9.96. The molecule has 0 amide bonds. The highest BCUT2D eigenvalue weighted by atomic mass is 16.3. The smallest absolute Gasteiger partial charge is 0.262 e. The Morgan fingerprint density at radius 2 is 1.78 bits per heavy atom. The molecule has 4 heteroatoms. The molecule has 0 fully saturated rings. The van der Waals surface area contributed by atoms with Gasteiger partial charge in [0.05, 0.1) is 0 Å². The zero-order valence-corrected chi connectivity index (χ0v) is 10.7. The minimum absolute atomic E-state index is 0.212. The second-order valence-corrected chi connectivity index (χ2v) is 5.23. The van der Waals surface area contributed by atoms with E-state index < -0.39 is 0 Å². The zero-order chi connectivity index (χ0) is 13.3. The van der Waals surface area contributed by atoms with Crippen LogP contribution in [-0.2, 0) is 5.41 Å². The van der Waals surface area contributed by atoms with Crippen LogP contribution in [0.15, 0.2) is 35.1 Å². The van der Waals surface area contributed by atoms with Crippen LogP contribution in [0.25, 0.3) is 11.1 Å². The molecular formula is C14H16N2O2. The molecule has 94 valence electrons. The van der Waals surface area contributed by atoms with Crippen LogP contribution in [0.5, 0.6) is 5.88 Å². The van der Waals surface area contributed by atoms with Gasteiger partial charge in [-0.3, -0.25) is 4.79 Å². The Morgan fingerprint density at radius 1 is 1.17 bits per heavy atom. The molecular weight excluding hydrogens is 228 g/mol. The largest absolute Gasteiger partial charge is 0.493 e. The van der Waals surface area contributed by atoms with Crippen LogP contribution in [0.1, 0.15) is 26.6 Å². The van der Waals surface area contributed by atoms with E-state index in [0.717, 1.165) is 0 Å². The van der Waals surface area contributed by atoms with Gasteiger partial charge < -0.3 is 10.1 Å². The Morgan fingerprint density at radius 3 is 2.28 bits per heavy atom. The minimum Gasteiger partial charge on any atom is -0.493 e. The molecule has 0 aliphatic rings. The lowest BCUT2D eigenvalue weighted by Crippen LogP contribution is -2.22. The van der Waals surface area contributed by atoms with Crippen molar-refractivity contribution in [3.63, 3.8) is 0 Å². The van der Waals surface area contributed by atoms with E-state index in [9.17, 15) is 9.90 Å². The summed E-state index contributed by atoms with van der Waals surface area (Å²) in [5.74, 6) is 0.250. The van der Waals surface area contributed by atoms with Crippen molar-refractivity contribution in [3.05, 3.63) is 46.5 Å². The van der Waals surface area contributed by atoms with Gasteiger partial charge in [0.1, 0.15) is 11.4 Å². The first-order valence-electron chi connectivity index (χ1n) is 5.79. The van der Waals surface area contributed by atoms with Crippen molar-refractivity contribution in [1.29, 1.82) is 0 Å². The molecule has 0 saturated heterocycles. The first-order chi connectivity index (χ1) is 8.39. The summed E-state index contributed by atoms with van der Waals surface area (Å²) in [6.07, 6.45) is 0. The highest BCUT2D eigenvalue weighted by Crippen LogP contribution is 2.25. The summed E-state index contributed by atoms with van der Waals surface area (Å²) in [6, 6.07) is 9.01. The second kappa shape index (κ2) is 4.29. The Balaban J connectivity index is 2.63. The third-order valence-corrected chi connectivity index (χ3v) is 2.67. The van der Waals surface area contributed by atoms with E-state index >= 15 is 0 Å². The lowest BCUT2D eigenvalue weighted by molar-refractivity contribution is 0.437. The number of aromatic hydroxyl groups is 1. The fraction of sp³-hybridized carbons (Fsp3) is 0.286. The van der Waals surface area contributed by atoms with Crippen molar-refractivity contribution in [2.24, 2.45) is 0 Å². The van der Waals surface area contributed by atoms with E-state index in [1.807, 2.05) is 39.0 Å². The summed E-state index contributed by atoms with van der Waals surface area (Å²) in [5.41, 5.74) is 0.234. The molecule has 1 aromatic heterocycles. The quantitative estimate of drug-likeness (QED) is 0.809. The summed E-state index contributed by atoms with van der Waals surface area (Å²) in [4.78, 5) is 18.9. The molecule has 2 rings (SSSR count). The Kier molecular flexibility index (Phi) is 2.95. The molecule has 0 radical (unpaired) electrons. The second-order valence-electron chi connectivity index (χ2n) is 5.23. The van der Waals surface area contributed by atoms with Crippen LogP contribution in [0.4, 0.5) is 0 Å². The maximum absolute atomic E-state index is 12.1. The van der Waals surface area contributed by atoms with E-state index in [0.29, 0.717) is 11.4 Å². The first-order valence-corrected chi connectivity index (χ1v) is 5.79. The number of hydrogen-bond acceptors (Lipinski definition) is 3. The molecule has 0 aliphatic carbocycles. The van der Waals surface area contributed by atoms with E-state index in [-0.39, 0.29) is 22.4 Å². The third-order valence-electron chi connectivity index (χ3n) is 2.67. The number of nitrogens with zero attached hydrogens (tertiary/aromatic N) is 1. The molecule has 0 atom stereocenters. The first kappa shape index (κ1) is 12.4. The number of H-pyrrole nitrogens is 1. The van der Waals surface area contributed by atoms with Gasteiger partial charge in [0, 0.05) is 5.41 Å². The third kappa shape index (κ3) is 2.27. The van der Waals surface area contributed by atoms with Gasteiger partial charge in [0.2, 0.25) is 5.88 Å². The van der Waals surface area contributed by atoms with Gasteiger partial charge in [-0.15, -0.1) is 0 Å². The predicted molar refractivity (Wildman–Crippen MR) is 70.7 cm³/mol. The summed E-state index contributed by atoms with van der Waals surface area (Å²) < 4.78 is 0. The molecule has 0 saturated carbocycles.